The van der Waals surface area contributed by atoms with Gasteiger partial charge in [-0.25, -0.2) is 9.13 Å². The molecule has 0 aromatic rings. The zero-order chi connectivity index (χ0) is 95.0. The topological polar surface area (TPSA) is 231 Å². The highest BCUT2D eigenvalue weighted by Crippen LogP contribution is 2.45. The summed E-state index contributed by atoms with van der Waals surface area (Å²) in [5.41, 5.74) is 0. The van der Waals surface area contributed by atoms with E-state index >= 15 is 0 Å². The van der Waals surface area contributed by atoms with Crippen molar-refractivity contribution in [2.75, 3.05) is 39.6 Å². The standard InChI is InChI=1S/C113H196O16P2/c1-4-7-10-13-16-19-22-25-28-31-34-37-40-43-46-48-50-52-53-55-57-58-61-63-66-69-72-75-78-81-84-87-90-93-96-99-111(116)123-102-108(114)103-125-130(119,120)126-104-109(115)105-127-131(121,122)128-107-110(129-113(118)101-98-95-92-89-86-83-80-77-74-71-68-65-60-45-42-39-36-33-30-27-24-21-18-15-12-9-6-3)106-124-112(117)100-97-94-91-88-85-82-79-76-73-70-67-64-62-59-56-54-51-49-47-44-41-38-35-32-29-26-23-20-17-14-11-8-5-2/h8,11,16-21,25-30,34-39,43-47,51,54,60,108-110,114-115H,4-7,9-10,12-15,22-24,31-33,40-42,48-50,52-53,55-59,61-107H2,1-3H3,(H,119,120)(H,121,122)/b11-8-,19-16-,20-17-,21-18-,28-25-,29-26-,30-27-,37-34-,38-35-,39-36-,46-43-,47-44-,54-51-,60-45-. The molecule has 5 unspecified atom stereocenters. The van der Waals surface area contributed by atoms with Crippen LogP contribution in [0.3, 0.4) is 0 Å². The lowest BCUT2D eigenvalue weighted by Crippen LogP contribution is -2.30. The van der Waals surface area contributed by atoms with E-state index in [1.165, 1.54) is 257 Å². The summed E-state index contributed by atoms with van der Waals surface area (Å²) in [5.74, 6) is -1.56. The van der Waals surface area contributed by atoms with E-state index in [-0.39, 0.29) is 19.3 Å². The number of phosphoric ester groups is 2. The van der Waals surface area contributed by atoms with E-state index in [0.717, 1.165) is 154 Å². The molecule has 16 nitrogen and oxygen atoms in total. The van der Waals surface area contributed by atoms with Crippen molar-refractivity contribution in [1.29, 1.82) is 0 Å². The van der Waals surface area contributed by atoms with Gasteiger partial charge in [-0.05, 0) is 161 Å². The van der Waals surface area contributed by atoms with Gasteiger partial charge in [0.1, 0.15) is 25.4 Å². The number of rotatable bonds is 101. The fraction of sp³-hybridized carbons (Fsp3) is 0.726. The molecule has 0 aliphatic heterocycles. The molecule has 0 aromatic carbocycles. The van der Waals surface area contributed by atoms with Crippen molar-refractivity contribution in [3.63, 3.8) is 0 Å². The minimum Gasteiger partial charge on any atom is -0.463 e. The van der Waals surface area contributed by atoms with Gasteiger partial charge < -0.3 is 34.2 Å². The number of ether oxygens (including phenoxy) is 3. The Kier molecular flexibility index (Phi) is 99.8. The number of hydrogen-bond donors (Lipinski definition) is 4. The Morgan fingerprint density at radius 3 is 0.641 bits per heavy atom. The molecule has 754 valence electrons. The summed E-state index contributed by atoms with van der Waals surface area (Å²) < 4.78 is 61.8. The number of hydrogen-bond acceptors (Lipinski definition) is 14. The SMILES string of the molecule is CC/C=C\C/C=C\C/C=C\C/C=C\C/C=C\C/C=C\CCCCCCCCCCCCCCCCC(=O)OCC(COP(=O)(O)OCC(O)COP(=O)(O)OCC(O)COC(=O)CCCCCCCCCCCCCCCCCCCCC/C=C\C/C=C\C/C=C\C/C=C\CCCCC)OC(=O)CCCCCCCCCCCCC/C=C\C/C=C\C/C=C\C/C=C\CCCCC. The largest absolute Gasteiger partial charge is 0.472 e. The molecule has 5 atom stereocenters. The molecule has 0 spiro atoms. The monoisotopic (exact) mass is 1870 g/mol. The van der Waals surface area contributed by atoms with Crippen LogP contribution >= 0.6 is 15.6 Å². The lowest BCUT2D eigenvalue weighted by atomic mass is 10.0. The van der Waals surface area contributed by atoms with Crippen molar-refractivity contribution >= 4 is 33.6 Å². The van der Waals surface area contributed by atoms with Crippen LogP contribution < -0.4 is 0 Å². The van der Waals surface area contributed by atoms with E-state index in [4.69, 9.17) is 32.3 Å². The summed E-state index contributed by atoms with van der Waals surface area (Å²) in [4.78, 5) is 59.3. The van der Waals surface area contributed by atoms with Crippen molar-refractivity contribution in [1.82, 2.24) is 0 Å². The lowest BCUT2D eigenvalue weighted by molar-refractivity contribution is -0.161. The Morgan fingerprint density at radius 1 is 0.221 bits per heavy atom. The van der Waals surface area contributed by atoms with Crippen LogP contribution in [0.15, 0.2) is 170 Å². The molecule has 0 rings (SSSR count). The number of carbonyl (C=O) groups excluding carboxylic acids is 3. The first kappa shape index (κ1) is 126. The van der Waals surface area contributed by atoms with Crippen LogP contribution in [0.1, 0.15) is 470 Å². The zero-order valence-corrected chi connectivity index (χ0v) is 85.5. The second kappa shape index (κ2) is 104. The van der Waals surface area contributed by atoms with E-state index in [1.807, 2.05) is 0 Å². The third-order valence-electron chi connectivity index (χ3n) is 22.9. The smallest absolute Gasteiger partial charge is 0.463 e. The Balaban J connectivity index is 4.58. The fourth-order valence-electron chi connectivity index (χ4n) is 14.8. The Morgan fingerprint density at radius 2 is 0.405 bits per heavy atom. The van der Waals surface area contributed by atoms with Crippen LogP contribution in [0.2, 0.25) is 0 Å². The molecule has 4 N–H and O–H groups in total. The van der Waals surface area contributed by atoms with Gasteiger partial charge in [0.05, 0.1) is 26.4 Å². The van der Waals surface area contributed by atoms with Gasteiger partial charge >= 0.3 is 33.6 Å². The molecule has 131 heavy (non-hydrogen) atoms. The van der Waals surface area contributed by atoms with E-state index in [9.17, 15) is 43.5 Å². The quantitative estimate of drug-likeness (QED) is 0.0146. The number of allylic oxidation sites excluding steroid dienone is 28. The minimum absolute atomic E-state index is 0.0983. The number of aliphatic hydroxyl groups excluding tert-OH is 2. The third kappa shape index (κ3) is 105. The number of phosphoric acid groups is 2. The van der Waals surface area contributed by atoms with Crippen molar-refractivity contribution in [2.45, 2.75) is 489 Å². The Bertz CT molecular complexity index is 3060. The highest BCUT2D eigenvalue weighted by atomic mass is 31.2. The summed E-state index contributed by atoms with van der Waals surface area (Å²) in [7, 11) is -9.82. The molecule has 0 amide bonds. The predicted molar refractivity (Wildman–Crippen MR) is 555 cm³/mol. The van der Waals surface area contributed by atoms with Gasteiger partial charge in [0, 0.05) is 19.3 Å². The van der Waals surface area contributed by atoms with Crippen LogP contribution in [0.25, 0.3) is 0 Å². The van der Waals surface area contributed by atoms with Crippen LogP contribution in [-0.4, -0.2) is 95.9 Å². The molecular weight excluding hydrogens is 1680 g/mol. The molecule has 0 bridgehead atoms. The maximum Gasteiger partial charge on any atom is 0.472 e. The number of esters is 3. The van der Waals surface area contributed by atoms with E-state index in [2.05, 4.69) is 191 Å². The van der Waals surface area contributed by atoms with Crippen LogP contribution in [-0.2, 0) is 55.8 Å². The summed E-state index contributed by atoms with van der Waals surface area (Å²) in [6.07, 6.45) is 137. The number of aliphatic hydroxyl groups is 2. The number of unbranched alkanes of at least 4 members (excludes halogenated alkanes) is 50. The van der Waals surface area contributed by atoms with Crippen LogP contribution in [0.4, 0.5) is 0 Å². The average molecular weight is 1870 g/mol. The molecule has 0 aromatic heterocycles. The van der Waals surface area contributed by atoms with Crippen molar-refractivity contribution < 1.29 is 75.8 Å². The molecule has 0 heterocycles. The van der Waals surface area contributed by atoms with Gasteiger partial charge in [-0.1, -0.05) is 461 Å². The molecule has 0 aliphatic rings. The zero-order valence-electron chi connectivity index (χ0n) is 83.7. The van der Waals surface area contributed by atoms with Gasteiger partial charge in [0.2, 0.25) is 0 Å². The molecule has 0 aliphatic carbocycles. The summed E-state index contributed by atoms with van der Waals surface area (Å²) >= 11 is 0. The fourth-order valence-corrected chi connectivity index (χ4v) is 16.4. The molecule has 0 saturated carbocycles. The van der Waals surface area contributed by atoms with Crippen LogP contribution in [0.5, 0.6) is 0 Å². The third-order valence-corrected chi connectivity index (χ3v) is 24.8. The summed E-state index contributed by atoms with van der Waals surface area (Å²) in [5, 5.41) is 20.8. The Labute approximate surface area is 803 Å². The van der Waals surface area contributed by atoms with Gasteiger partial charge in [0.25, 0.3) is 0 Å². The lowest BCUT2D eigenvalue weighted by Gasteiger charge is -2.21. The summed E-state index contributed by atoms with van der Waals surface area (Å²) in [6.45, 7) is 2.60. The number of carbonyl (C=O) groups is 3. The second-order valence-corrected chi connectivity index (χ2v) is 38.6. The van der Waals surface area contributed by atoms with Gasteiger partial charge in [0.15, 0.2) is 6.10 Å². The first-order valence-corrected chi connectivity index (χ1v) is 56.4. The Hall–Kier alpha value is -5.09. The first-order chi connectivity index (χ1) is 64.2. The minimum atomic E-state index is -4.95. The highest BCUT2D eigenvalue weighted by molar-refractivity contribution is 7.47. The van der Waals surface area contributed by atoms with Crippen LogP contribution in [0, 0.1) is 0 Å². The van der Waals surface area contributed by atoms with E-state index < -0.39 is 91.5 Å². The van der Waals surface area contributed by atoms with Crippen molar-refractivity contribution in [3.8, 4) is 0 Å². The van der Waals surface area contributed by atoms with Crippen molar-refractivity contribution in [2.24, 2.45) is 0 Å². The van der Waals surface area contributed by atoms with Gasteiger partial charge in [-0.2, -0.15) is 0 Å². The van der Waals surface area contributed by atoms with E-state index in [0.29, 0.717) is 19.3 Å². The molecule has 18 heteroatoms. The molecule has 0 fully saturated rings. The average Bonchev–Trinajstić information content (AvgIpc) is 0.899. The predicted octanol–water partition coefficient (Wildman–Crippen LogP) is 34.1. The normalized spacial score (nSPS) is 14.3. The molecular formula is C113H196O16P2. The van der Waals surface area contributed by atoms with Crippen molar-refractivity contribution in [3.05, 3.63) is 170 Å². The van der Waals surface area contributed by atoms with Gasteiger partial charge in [-0.3, -0.25) is 32.5 Å². The summed E-state index contributed by atoms with van der Waals surface area (Å²) in [6, 6.07) is 0. The second-order valence-electron chi connectivity index (χ2n) is 35.7. The highest BCUT2D eigenvalue weighted by Gasteiger charge is 2.30. The maximum atomic E-state index is 13.1. The first-order valence-electron chi connectivity index (χ1n) is 53.4. The van der Waals surface area contributed by atoms with E-state index in [1.54, 1.807) is 0 Å². The van der Waals surface area contributed by atoms with Gasteiger partial charge in [-0.15, -0.1) is 0 Å². The maximum absolute atomic E-state index is 13.1. The molecule has 0 saturated heterocycles. The molecule has 0 radical (unpaired) electrons.